The maximum atomic E-state index is 14.2. The van der Waals surface area contributed by atoms with Gasteiger partial charge in [-0.3, -0.25) is 4.79 Å². The minimum absolute atomic E-state index is 0.0427. The number of carbonyl (C=O) groups excluding carboxylic acids is 1. The number of likely N-dealkylation sites (tertiary alicyclic amines) is 1. The van der Waals surface area contributed by atoms with Gasteiger partial charge in [-0.05, 0) is 87.2 Å². The molecule has 1 saturated heterocycles. The lowest BCUT2D eigenvalue weighted by molar-refractivity contribution is -0.143. The van der Waals surface area contributed by atoms with Gasteiger partial charge in [0.15, 0.2) is 0 Å². The van der Waals surface area contributed by atoms with Crippen LogP contribution < -0.4 is 10.6 Å². The van der Waals surface area contributed by atoms with Crippen LogP contribution in [0.3, 0.4) is 0 Å². The Balaban J connectivity index is 1.66. The zero-order chi connectivity index (χ0) is 28.5. The predicted octanol–water partition coefficient (Wildman–Crippen LogP) is 6.16. The van der Waals surface area contributed by atoms with Gasteiger partial charge in [-0.2, -0.15) is 0 Å². The van der Waals surface area contributed by atoms with E-state index in [9.17, 15) is 9.59 Å². The summed E-state index contributed by atoms with van der Waals surface area (Å²) in [6.07, 6.45) is 5.72. The second-order valence-corrected chi connectivity index (χ2v) is 11.6. The van der Waals surface area contributed by atoms with Crippen LogP contribution in [0.25, 0.3) is 11.1 Å². The molecule has 0 bridgehead atoms. The molecule has 2 aliphatic rings. The van der Waals surface area contributed by atoms with Gasteiger partial charge in [0.25, 0.3) is 0 Å². The number of piperidine rings is 1. The van der Waals surface area contributed by atoms with Crippen LogP contribution in [0.15, 0.2) is 42.5 Å². The fourth-order valence-corrected chi connectivity index (χ4v) is 6.85. The Kier molecular flexibility index (Phi) is 11.3. The largest absolute Gasteiger partial charge is 0.465 e. The third kappa shape index (κ3) is 7.56. The number of ether oxygens (including phenoxy) is 1. The number of benzene rings is 2. The lowest BCUT2D eigenvalue weighted by Gasteiger charge is -2.44. The Morgan fingerprint density at radius 3 is 2.60 bits per heavy atom. The highest BCUT2D eigenvalue weighted by molar-refractivity contribution is 6.33. The minimum Gasteiger partial charge on any atom is -0.465 e. The minimum atomic E-state index is -1.06. The summed E-state index contributed by atoms with van der Waals surface area (Å²) in [4.78, 5) is 27.2. The highest BCUT2D eigenvalue weighted by atomic mass is 35.5. The highest BCUT2D eigenvalue weighted by Gasteiger charge is 2.40. The van der Waals surface area contributed by atoms with Crippen molar-refractivity contribution in [3.8, 4) is 11.1 Å². The van der Waals surface area contributed by atoms with E-state index in [0.717, 1.165) is 74.7 Å². The van der Waals surface area contributed by atoms with Crippen molar-refractivity contribution in [3.63, 3.8) is 0 Å². The van der Waals surface area contributed by atoms with Crippen molar-refractivity contribution in [1.82, 2.24) is 15.5 Å². The number of amides is 2. The Morgan fingerprint density at radius 2 is 1.88 bits per heavy atom. The molecule has 4 rings (SSSR count). The second kappa shape index (κ2) is 14.9. The van der Waals surface area contributed by atoms with Crippen molar-refractivity contribution >= 4 is 23.6 Å². The first-order valence-corrected chi connectivity index (χ1v) is 15.2. The zero-order valence-corrected chi connectivity index (χ0v) is 24.6. The number of carbonyl (C=O) groups is 2. The molecular formula is C32H44ClN3O4. The maximum Gasteiger partial charge on any atom is 0.404 e. The molecule has 3 N–H and O–H groups in total. The molecule has 218 valence electrons. The zero-order valence-electron chi connectivity index (χ0n) is 23.8. The molecular weight excluding hydrogens is 526 g/mol. The summed E-state index contributed by atoms with van der Waals surface area (Å²) in [5.74, 6) is 1.01. The summed E-state index contributed by atoms with van der Waals surface area (Å²) < 4.78 is 6.00. The summed E-state index contributed by atoms with van der Waals surface area (Å²) in [7, 11) is 1.99. The summed E-state index contributed by atoms with van der Waals surface area (Å²) in [5.41, 5.74) is 4.36. The normalized spacial score (nSPS) is 23.1. The third-order valence-electron chi connectivity index (χ3n) is 8.57. The molecule has 0 aromatic heterocycles. The number of hydrogen-bond donors (Lipinski definition) is 3. The first-order chi connectivity index (χ1) is 19.4. The lowest BCUT2D eigenvalue weighted by Crippen LogP contribution is -2.47. The number of nitrogens with one attached hydrogen (secondary N) is 2. The van der Waals surface area contributed by atoms with Crippen molar-refractivity contribution < 1.29 is 19.4 Å². The van der Waals surface area contributed by atoms with E-state index in [1.54, 1.807) is 0 Å². The van der Waals surface area contributed by atoms with Gasteiger partial charge < -0.3 is 25.4 Å². The smallest absolute Gasteiger partial charge is 0.404 e. The van der Waals surface area contributed by atoms with E-state index < -0.39 is 6.09 Å². The van der Waals surface area contributed by atoms with Crippen LogP contribution in [0, 0.1) is 17.8 Å². The van der Waals surface area contributed by atoms with Crippen molar-refractivity contribution in [2.45, 2.75) is 57.9 Å². The summed E-state index contributed by atoms with van der Waals surface area (Å²) in [5, 5.41) is 15.2. The number of halogens is 1. The van der Waals surface area contributed by atoms with Gasteiger partial charge in [0.1, 0.15) is 0 Å². The maximum absolute atomic E-state index is 14.2. The molecule has 1 aliphatic heterocycles. The standard InChI is InChI=1S/C32H44ClN3O4/c1-3-22-7-4-8-25(19-22)29-27(10-5-11-28(29)33)30-26(21-40-18-16-35-32(38)39)9-6-17-36(30)31(37)24-14-12-23(13-15-24)20-34-2/h4-5,7-8,10-11,19,23-24,26,30,34-35H,3,6,9,12-18,20-21H2,1-2H3,(H,38,39)/t23-,24-,26-,30+/m0/s1. The Labute approximate surface area is 243 Å². The summed E-state index contributed by atoms with van der Waals surface area (Å²) in [6, 6.07) is 14.4. The van der Waals surface area contributed by atoms with Gasteiger partial charge in [0.2, 0.25) is 5.91 Å². The molecule has 0 spiro atoms. The molecule has 2 amide bonds. The molecule has 8 heteroatoms. The van der Waals surface area contributed by atoms with E-state index in [-0.39, 0.29) is 30.3 Å². The van der Waals surface area contributed by atoms with Crippen LogP contribution in [-0.2, 0) is 16.0 Å². The molecule has 2 aromatic rings. The number of hydrogen-bond acceptors (Lipinski definition) is 4. The van der Waals surface area contributed by atoms with E-state index in [0.29, 0.717) is 24.2 Å². The van der Waals surface area contributed by atoms with Gasteiger partial charge in [0, 0.05) is 35.5 Å². The van der Waals surface area contributed by atoms with Crippen molar-refractivity contribution in [2.24, 2.45) is 17.8 Å². The first-order valence-electron chi connectivity index (χ1n) is 14.8. The quantitative estimate of drug-likeness (QED) is 0.282. The van der Waals surface area contributed by atoms with E-state index in [1.165, 1.54) is 5.56 Å². The Bertz CT molecular complexity index is 1130. The van der Waals surface area contributed by atoms with Crippen molar-refractivity contribution in [2.75, 3.05) is 39.9 Å². The Hall–Kier alpha value is -2.61. The summed E-state index contributed by atoms with van der Waals surface area (Å²) in [6.45, 7) is 4.85. The topological polar surface area (TPSA) is 90.9 Å². The molecule has 40 heavy (non-hydrogen) atoms. The van der Waals surface area contributed by atoms with Crippen molar-refractivity contribution in [1.29, 1.82) is 0 Å². The van der Waals surface area contributed by atoms with Gasteiger partial charge in [-0.1, -0.05) is 54.9 Å². The van der Waals surface area contributed by atoms with Crippen LogP contribution in [0.4, 0.5) is 4.79 Å². The average molecular weight is 570 g/mol. The van der Waals surface area contributed by atoms with E-state index in [4.69, 9.17) is 21.4 Å². The van der Waals surface area contributed by atoms with E-state index in [1.807, 2.05) is 19.2 Å². The van der Waals surface area contributed by atoms with E-state index in [2.05, 4.69) is 52.8 Å². The number of carboxylic acid groups (broad SMARTS) is 1. The number of aryl methyl sites for hydroxylation is 1. The van der Waals surface area contributed by atoms with Gasteiger partial charge in [0.05, 0.1) is 19.3 Å². The fourth-order valence-electron chi connectivity index (χ4n) is 6.56. The molecule has 1 aliphatic carbocycles. The predicted molar refractivity (Wildman–Crippen MR) is 160 cm³/mol. The fraction of sp³-hybridized carbons (Fsp3) is 0.562. The third-order valence-corrected chi connectivity index (χ3v) is 8.89. The van der Waals surface area contributed by atoms with Gasteiger partial charge in [-0.25, -0.2) is 4.79 Å². The SMILES string of the molecule is CCc1cccc(-c2c(Cl)cccc2[C@H]2[C@H](COCCNC(=O)O)CCCN2C(=O)[C@H]2CC[C@H](CNC)CC2)c1. The van der Waals surface area contributed by atoms with E-state index >= 15 is 0 Å². The average Bonchev–Trinajstić information content (AvgIpc) is 2.97. The first kappa shape index (κ1) is 30.4. The molecule has 2 fully saturated rings. The summed E-state index contributed by atoms with van der Waals surface area (Å²) >= 11 is 6.92. The molecule has 0 unspecified atom stereocenters. The molecule has 1 saturated carbocycles. The van der Waals surface area contributed by atoms with Gasteiger partial charge in [-0.15, -0.1) is 0 Å². The molecule has 2 aromatic carbocycles. The van der Waals surface area contributed by atoms with Gasteiger partial charge >= 0.3 is 6.09 Å². The molecule has 2 atom stereocenters. The number of rotatable bonds is 11. The molecule has 1 heterocycles. The Morgan fingerprint density at radius 1 is 1.10 bits per heavy atom. The van der Waals surface area contributed by atoms with Crippen LogP contribution in [0.5, 0.6) is 0 Å². The number of nitrogens with zero attached hydrogens (tertiary/aromatic N) is 1. The van der Waals surface area contributed by atoms with Crippen LogP contribution >= 0.6 is 11.6 Å². The second-order valence-electron chi connectivity index (χ2n) is 11.2. The van der Waals surface area contributed by atoms with Crippen LogP contribution in [-0.4, -0.2) is 61.9 Å². The van der Waals surface area contributed by atoms with Crippen molar-refractivity contribution in [3.05, 3.63) is 58.6 Å². The molecule has 0 radical (unpaired) electrons. The van der Waals surface area contributed by atoms with Crippen LogP contribution in [0.2, 0.25) is 5.02 Å². The highest BCUT2D eigenvalue weighted by Crippen LogP contribution is 2.45. The van der Waals surface area contributed by atoms with Crippen LogP contribution in [0.1, 0.15) is 62.6 Å². The molecule has 7 nitrogen and oxygen atoms in total. The lowest BCUT2D eigenvalue weighted by atomic mass is 9.78. The monoisotopic (exact) mass is 569 g/mol.